The maximum atomic E-state index is 10.8. The van der Waals surface area contributed by atoms with E-state index in [0.717, 1.165) is 0 Å². The Labute approximate surface area is 38.1 Å². The van der Waals surface area contributed by atoms with Crippen LogP contribution in [0.15, 0.2) is 11.2 Å². The lowest BCUT2D eigenvalue weighted by Gasteiger charge is -1.72. The quantitative estimate of drug-likeness (QED) is 0.457. The molecule has 0 aromatic rings. The molecule has 4 heteroatoms. The molecule has 36 valence electrons. The van der Waals surface area contributed by atoms with E-state index in [2.05, 4.69) is 12.6 Å². The predicted molar refractivity (Wildman–Crippen MR) is 19.3 cm³/mol. The van der Waals surface area contributed by atoms with Gasteiger partial charge in [-0.25, -0.2) is 0 Å². The van der Waals surface area contributed by atoms with Gasteiger partial charge in [-0.05, 0) is 0 Å². The first-order valence-corrected chi connectivity index (χ1v) is 1.49. The zero-order chi connectivity index (χ0) is 5.15. The van der Waals surface area contributed by atoms with Gasteiger partial charge in [0.25, 0.3) is 0 Å². The van der Waals surface area contributed by atoms with Crippen molar-refractivity contribution in [1.82, 2.24) is 0 Å². The Morgan fingerprint density at radius 2 is 1.33 bits per heavy atom. The SMILES string of the molecule is FC(F)=C(F)S. The molecule has 0 nitrogen and oxygen atoms in total. The summed E-state index contributed by atoms with van der Waals surface area (Å²) in [6, 6.07) is 0. The highest BCUT2D eigenvalue weighted by molar-refractivity contribution is 7.84. The Kier molecular flexibility index (Phi) is 2.08. The van der Waals surface area contributed by atoms with E-state index in [0.29, 0.717) is 0 Å². The minimum Gasteiger partial charge on any atom is -0.194 e. The molecule has 0 aromatic carbocycles. The van der Waals surface area contributed by atoms with Crippen LogP contribution in [0.4, 0.5) is 13.2 Å². The Bertz CT molecular complexity index is 58.9. The second kappa shape index (κ2) is 2.12. The molecule has 0 radical (unpaired) electrons. The van der Waals surface area contributed by atoms with Crippen LogP contribution < -0.4 is 0 Å². The summed E-state index contributed by atoms with van der Waals surface area (Å²) in [5, 5.41) is -1.71. The van der Waals surface area contributed by atoms with Crippen LogP contribution in [0.25, 0.3) is 0 Å². The Morgan fingerprint density at radius 1 is 1.17 bits per heavy atom. The van der Waals surface area contributed by atoms with Gasteiger partial charge in [-0.3, -0.25) is 0 Å². The van der Waals surface area contributed by atoms with E-state index in [9.17, 15) is 13.2 Å². The summed E-state index contributed by atoms with van der Waals surface area (Å²) in [6.07, 6.45) is -2.38. The molecular weight excluding hydrogens is 113 g/mol. The van der Waals surface area contributed by atoms with Gasteiger partial charge >= 0.3 is 6.08 Å². The van der Waals surface area contributed by atoms with Crippen LogP contribution in [0, 0.1) is 0 Å². The van der Waals surface area contributed by atoms with Gasteiger partial charge < -0.3 is 0 Å². The normalized spacial score (nSPS) is 8.00. The molecule has 0 aliphatic carbocycles. The lowest BCUT2D eigenvalue weighted by molar-refractivity contribution is 0.395. The number of hydrogen-bond donors (Lipinski definition) is 1. The highest BCUT2D eigenvalue weighted by Gasteiger charge is 1.93. The molecule has 0 atom stereocenters. The first-order valence-electron chi connectivity index (χ1n) is 1.04. The molecule has 0 fully saturated rings. The monoisotopic (exact) mass is 114 g/mol. The number of thiol groups is 1. The van der Waals surface area contributed by atoms with Crippen LogP contribution in [0.3, 0.4) is 0 Å². The third-order valence-corrected chi connectivity index (χ3v) is 0.325. The molecule has 0 amide bonds. The van der Waals surface area contributed by atoms with Crippen molar-refractivity contribution in [2.45, 2.75) is 0 Å². The molecule has 6 heavy (non-hydrogen) atoms. The highest BCUT2D eigenvalue weighted by Crippen LogP contribution is 2.10. The fraction of sp³-hybridized carbons (Fsp3) is 0. The van der Waals surface area contributed by atoms with Crippen molar-refractivity contribution >= 4 is 12.6 Å². The van der Waals surface area contributed by atoms with Crippen molar-refractivity contribution in [3.05, 3.63) is 11.2 Å². The van der Waals surface area contributed by atoms with Crippen LogP contribution in [-0.4, -0.2) is 0 Å². The largest absolute Gasteiger partial charge is 0.312 e. The van der Waals surface area contributed by atoms with Gasteiger partial charge in [0.1, 0.15) is 0 Å². The van der Waals surface area contributed by atoms with E-state index in [1.807, 2.05) is 0 Å². The van der Waals surface area contributed by atoms with Crippen LogP contribution in [0.5, 0.6) is 0 Å². The molecule has 0 aliphatic heterocycles. The van der Waals surface area contributed by atoms with Gasteiger partial charge in [0.05, 0.1) is 0 Å². The molecule has 0 aliphatic rings. The summed E-state index contributed by atoms with van der Waals surface area (Å²) < 4.78 is 32.0. The molecule has 0 saturated carbocycles. The molecule has 0 unspecified atom stereocenters. The summed E-state index contributed by atoms with van der Waals surface area (Å²) in [5.74, 6) is 0. The Balaban J connectivity index is 3.68. The second-order valence-electron chi connectivity index (χ2n) is 0.551. The van der Waals surface area contributed by atoms with Gasteiger partial charge in [-0.1, -0.05) is 0 Å². The average Bonchev–Trinajstić information content (AvgIpc) is 1.36. The lowest BCUT2D eigenvalue weighted by atomic mass is 11.1. The van der Waals surface area contributed by atoms with Crippen molar-refractivity contribution in [3.8, 4) is 0 Å². The fourth-order valence-electron chi connectivity index (χ4n) is 0. The van der Waals surface area contributed by atoms with Crippen molar-refractivity contribution in [2.24, 2.45) is 0 Å². The fourth-order valence-corrected chi connectivity index (χ4v) is 0. The standard InChI is InChI=1S/C2HF3S/c3-1(4)2(5)6/h6H. The van der Waals surface area contributed by atoms with Crippen molar-refractivity contribution in [2.75, 3.05) is 0 Å². The molecule has 0 N–H and O–H groups in total. The van der Waals surface area contributed by atoms with Crippen molar-refractivity contribution in [3.63, 3.8) is 0 Å². The number of hydrogen-bond acceptors (Lipinski definition) is 1. The smallest absolute Gasteiger partial charge is 0.194 e. The topological polar surface area (TPSA) is 0 Å². The van der Waals surface area contributed by atoms with E-state index in [1.165, 1.54) is 0 Å². The van der Waals surface area contributed by atoms with Crippen LogP contribution in [0.2, 0.25) is 0 Å². The third-order valence-electron chi connectivity index (χ3n) is 0.156. The average molecular weight is 114 g/mol. The number of rotatable bonds is 0. The summed E-state index contributed by atoms with van der Waals surface area (Å²) in [4.78, 5) is 0. The van der Waals surface area contributed by atoms with E-state index in [1.54, 1.807) is 0 Å². The molecule has 0 bridgehead atoms. The summed E-state index contributed by atoms with van der Waals surface area (Å²) in [6.45, 7) is 0. The van der Waals surface area contributed by atoms with E-state index in [-0.39, 0.29) is 0 Å². The van der Waals surface area contributed by atoms with Gasteiger partial charge in [0, 0.05) is 0 Å². The first-order chi connectivity index (χ1) is 2.64. The summed E-state index contributed by atoms with van der Waals surface area (Å²) >= 11 is 2.66. The van der Waals surface area contributed by atoms with Crippen LogP contribution in [-0.2, 0) is 0 Å². The molecule has 0 rings (SSSR count). The maximum absolute atomic E-state index is 10.8. The van der Waals surface area contributed by atoms with E-state index < -0.39 is 11.2 Å². The maximum Gasteiger partial charge on any atom is 0.312 e. The first kappa shape index (κ1) is 5.88. The summed E-state index contributed by atoms with van der Waals surface area (Å²) in [7, 11) is 0. The van der Waals surface area contributed by atoms with Gasteiger partial charge in [-0.15, -0.1) is 12.6 Å². The molecule has 0 saturated heterocycles. The summed E-state index contributed by atoms with van der Waals surface area (Å²) in [5.41, 5.74) is 0. The zero-order valence-corrected chi connectivity index (χ0v) is 3.48. The Hall–Kier alpha value is -0.120. The van der Waals surface area contributed by atoms with Crippen LogP contribution >= 0.6 is 12.6 Å². The molecular formula is C2HF3S. The van der Waals surface area contributed by atoms with E-state index in [4.69, 9.17) is 0 Å². The zero-order valence-electron chi connectivity index (χ0n) is 2.58. The lowest BCUT2D eigenvalue weighted by Crippen LogP contribution is -1.54. The van der Waals surface area contributed by atoms with Gasteiger partial charge in [-0.2, -0.15) is 13.2 Å². The second-order valence-corrected chi connectivity index (χ2v) is 0.944. The minimum absolute atomic E-state index is 1.71. The number of halogens is 3. The highest BCUT2D eigenvalue weighted by atomic mass is 32.1. The minimum atomic E-state index is -2.38. The van der Waals surface area contributed by atoms with Gasteiger partial charge in [0.2, 0.25) is 5.16 Å². The predicted octanol–water partition coefficient (Wildman–Crippen LogP) is 1.95. The van der Waals surface area contributed by atoms with Gasteiger partial charge in [0.15, 0.2) is 0 Å². The Morgan fingerprint density at radius 3 is 1.33 bits per heavy atom. The van der Waals surface area contributed by atoms with Crippen LogP contribution in [0.1, 0.15) is 0 Å². The molecule has 0 aromatic heterocycles. The molecule has 0 spiro atoms. The van der Waals surface area contributed by atoms with E-state index >= 15 is 0 Å². The third kappa shape index (κ3) is 2.14. The van der Waals surface area contributed by atoms with Crippen molar-refractivity contribution in [1.29, 1.82) is 0 Å². The van der Waals surface area contributed by atoms with Crippen molar-refractivity contribution < 1.29 is 13.2 Å². The molecule has 0 heterocycles.